The predicted molar refractivity (Wildman–Crippen MR) is 91.6 cm³/mol. The minimum absolute atomic E-state index is 0.0467. The number of methoxy groups -OCH3 is 1. The highest BCUT2D eigenvalue weighted by Crippen LogP contribution is 2.31. The third-order valence-electron chi connectivity index (χ3n) is 4.26. The Labute approximate surface area is 142 Å². The van der Waals surface area contributed by atoms with Crippen molar-refractivity contribution in [2.24, 2.45) is 5.92 Å². The van der Waals surface area contributed by atoms with Crippen molar-refractivity contribution >= 4 is 17.7 Å². The largest absolute Gasteiger partial charge is 0.495 e. The second-order valence-electron chi connectivity index (χ2n) is 6.02. The number of benzene rings is 1. The standard InChI is InChI=1S/C17H25N3O4/c1-19(9-8-16(21)22)17(23)18-11-13-7-10-20(12-13)14-5-3-4-6-15(14)24-2/h3-6,13H,7-12H2,1-2H3,(H,18,23)(H,21,22). The molecular weight excluding hydrogens is 310 g/mol. The van der Waals surface area contributed by atoms with E-state index in [2.05, 4.69) is 10.2 Å². The fourth-order valence-electron chi connectivity index (χ4n) is 2.84. The van der Waals surface area contributed by atoms with Gasteiger partial charge in [-0.1, -0.05) is 12.1 Å². The number of carboxylic acids is 1. The number of ether oxygens (including phenoxy) is 1. The van der Waals surface area contributed by atoms with E-state index in [1.165, 1.54) is 4.90 Å². The summed E-state index contributed by atoms with van der Waals surface area (Å²) >= 11 is 0. The maximum atomic E-state index is 12.0. The quantitative estimate of drug-likeness (QED) is 0.791. The van der Waals surface area contributed by atoms with Crippen LogP contribution in [0.5, 0.6) is 5.75 Å². The lowest BCUT2D eigenvalue weighted by atomic mass is 10.1. The van der Waals surface area contributed by atoms with Crippen LogP contribution in [0.2, 0.25) is 0 Å². The van der Waals surface area contributed by atoms with Gasteiger partial charge in [-0.15, -0.1) is 0 Å². The molecule has 0 spiro atoms. The number of aliphatic carboxylic acids is 1. The normalized spacial score (nSPS) is 16.8. The minimum atomic E-state index is -0.905. The first-order chi connectivity index (χ1) is 11.5. The van der Waals surface area contributed by atoms with E-state index in [0.717, 1.165) is 30.9 Å². The van der Waals surface area contributed by atoms with Gasteiger partial charge in [0.15, 0.2) is 0 Å². The van der Waals surface area contributed by atoms with E-state index in [9.17, 15) is 9.59 Å². The van der Waals surface area contributed by atoms with Crippen molar-refractivity contribution in [3.63, 3.8) is 0 Å². The molecule has 2 amide bonds. The van der Waals surface area contributed by atoms with E-state index >= 15 is 0 Å². The van der Waals surface area contributed by atoms with Crippen molar-refractivity contribution < 1.29 is 19.4 Å². The van der Waals surface area contributed by atoms with Gasteiger partial charge in [0, 0.05) is 33.2 Å². The first-order valence-electron chi connectivity index (χ1n) is 8.10. The van der Waals surface area contributed by atoms with Crippen LogP contribution in [0.1, 0.15) is 12.8 Å². The summed E-state index contributed by atoms with van der Waals surface area (Å²) in [5.74, 6) is 0.320. The molecule has 0 bridgehead atoms. The van der Waals surface area contributed by atoms with Crippen LogP contribution in [0, 0.1) is 5.92 Å². The van der Waals surface area contributed by atoms with Gasteiger partial charge in [0.2, 0.25) is 0 Å². The molecule has 1 aromatic carbocycles. The van der Waals surface area contributed by atoms with E-state index in [1.807, 2.05) is 24.3 Å². The summed E-state index contributed by atoms with van der Waals surface area (Å²) in [5, 5.41) is 11.5. The minimum Gasteiger partial charge on any atom is -0.495 e. The topological polar surface area (TPSA) is 82.1 Å². The molecule has 7 heteroatoms. The van der Waals surface area contributed by atoms with Crippen LogP contribution < -0.4 is 15.0 Å². The van der Waals surface area contributed by atoms with Gasteiger partial charge in [0.05, 0.1) is 19.2 Å². The zero-order valence-corrected chi connectivity index (χ0v) is 14.2. The van der Waals surface area contributed by atoms with Gasteiger partial charge in [0.25, 0.3) is 0 Å². The van der Waals surface area contributed by atoms with Crippen LogP contribution in [0.4, 0.5) is 10.5 Å². The average Bonchev–Trinajstić information content (AvgIpc) is 3.06. The summed E-state index contributed by atoms with van der Waals surface area (Å²) in [6.07, 6.45) is 0.950. The number of carbonyl (C=O) groups excluding carboxylic acids is 1. The Morgan fingerprint density at radius 3 is 2.88 bits per heavy atom. The van der Waals surface area contributed by atoms with E-state index in [-0.39, 0.29) is 19.0 Å². The maximum Gasteiger partial charge on any atom is 0.317 e. The highest BCUT2D eigenvalue weighted by molar-refractivity contribution is 5.75. The first kappa shape index (κ1) is 17.9. The Morgan fingerprint density at radius 1 is 1.42 bits per heavy atom. The molecule has 1 aliphatic heterocycles. The molecule has 1 fully saturated rings. The Hall–Kier alpha value is -2.44. The van der Waals surface area contributed by atoms with Gasteiger partial charge < -0.3 is 25.0 Å². The van der Waals surface area contributed by atoms with Gasteiger partial charge in [-0.25, -0.2) is 4.79 Å². The zero-order valence-electron chi connectivity index (χ0n) is 14.2. The molecule has 0 aromatic heterocycles. The van der Waals surface area contributed by atoms with Crippen LogP contribution in [0.25, 0.3) is 0 Å². The highest BCUT2D eigenvalue weighted by Gasteiger charge is 2.25. The maximum absolute atomic E-state index is 12.0. The average molecular weight is 335 g/mol. The first-order valence-corrected chi connectivity index (χ1v) is 8.10. The monoisotopic (exact) mass is 335 g/mol. The Kier molecular flexibility index (Phi) is 6.28. The number of amides is 2. The number of hydrogen-bond donors (Lipinski definition) is 2. The van der Waals surface area contributed by atoms with E-state index < -0.39 is 5.97 Å². The van der Waals surface area contributed by atoms with Gasteiger partial charge in [-0.3, -0.25) is 4.79 Å². The van der Waals surface area contributed by atoms with Crippen LogP contribution >= 0.6 is 0 Å². The summed E-state index contributed by atoms with van der Waals surface area (Å²) in [5.41, 5.74) is 1.08. The van der Waals surface area contributed by atoms with Crippen molar-refractivity contribution in [3.05, 3.63) is 24.3 Å². The number of para-hydroxylation sites is 2. The number of carbonyl (C=O) groups is 2. The fraction of sp³-hybridized carbons (Fsp3) is 0.529. The van der Waals surface area contributed by atoms with E-state index in [0.29, 0.717) is 12.5 Å². The van der Waals surface area contributed by atoms with E-state index in [1.54, 1.807) is 14.2 Å². The Bertz CT molecular complexity index is 579. The van der Waals surface area contributed by atoms with Gasteiger partial charge in [-0.2, -0.15) is 0 Å². The lowest BCUT2D eigenvalue weighted by Crippen LogP contribution is -2.40. The molecule has 0 radical (unpaired) electrons. The molecular formula is C17H25N3O4. The molecule has 1 heterocycles. The smallest absolute Gasteiger partial charge is 0.317 e. The molecule has 1 saturated heterocycles. The van der Waals surface area contributed by atoms with Crippen LogP contribution in [0.3, 0.4) is 0 Å². The third-order valence-corrected chi connectivity index (χ3v) is 4.26. The van der Waals surface area contributed by atoms with Crippen molar-refractivity contribution in [3.8, 4) is 5.75 Å². The molecule has 0 saturated carbocycles. The number of anilines is 1. The van der Waals surface area contributed by atoms with Crippen molar-refractivity contribution in [1.29, 1.82) is 0 Å². The molecule has 24 heavy (non-hydrogen) atoms. The highest BCUT2D eigenvalue weighted by atomic mass is 16.5. The Balaban J connectivity index is 1.79. The number of carboxylic acid groups (broad SMARTS) is 1. The van der Waals surface area contributed by atoms with Crippen molar-refractivity contribution in [1.82, 2.24) is 10.2 Å². The second-order valence-corrected chi connectivity index (χ2v) is 6.02. The lowest BCUT2D eigenvalue weighted by molar-refractivity contribution is -0.137. The second kappa shape index (κ2) is 8.42. The van der Waals surface area contributed by atoms with Crippen LogP contribution in [0.15, 0.2) is 24.3 Å². The SMILES string of the molecule is COc1ccccc1N1CCC(CNC(=O)N(C)CCC(=O)O)C1. The van der Waals surface area contributed by atoms with Gasteiger partial charge >= 0.3 is 12.0 Å². The fourth-order valence-corrected chi connectivity index (χ4v) is 2.84. The summed E-state index contributed by atoms with van der Waals surface area (Å²) in [7, 11) is 3.27. The van der Waals surface area contributed by atoms with E-state index in [4.69, 9.17) is 9.84 Å². The molecule has 1 aromatic rings. The number of nitrogens with one attached hydrogen (secondary N) is 1. The Morgan fingerprint density at radius 2 is 2.17 bits per heavy atom. The molecule has 2 N–H and O–H groups in total. The molecule has 1 unspecified atom stereocenters. The summed E-state index contributed by atoms with van der Waals surface area (Å²) in [6, 6.07) is 7.70. The number of hydrogen-bond acceptors (Lipinski definition) is 4. The molecule has 7 nitrogen and oxygen atoms in total. The number of rotatable bonds is 7. The van der Waals surface area contributed by atoms with Crippen LogP contribution in [-0.4, -0.2) is 62.3 Å². The van der Waals surface area contributed by atoms with Gasteiger partial charge in [-0.05, 0) is 24.5 Å². The van der Waals surface area contributed by atoms with Crippen LogP contribution in [-0.2, 0) is 4.79 Å². The molecule has 1 atom stereocenters. The predicted octanol–water partition coefficient (Wildman–Crippen LogP) is 1.64. The van der Waals surface area contributed by atoms with Gasteiger partial charge in [0.1, 0.15) is 5.75 Å². The molecule has 2 rings (SSSR count). The number of nitrogens with zero attached hydrogens (tertiary/aromatic N) is 2. The van der Waals surface area contributed by atoms with Crippen molar-refractivity contribution in [2.45, 2.75) is 12.8 Å². The summed E-state index contributed by atoms with van der Waals surface area (Å²) in [4.78, 5) is 26.2. The third kappa shape index (κ3) is 4.78. The molecule has 1 aliphatic rings. The molecule has 132 valence electrons. The zero-order chi connectivity index (χ0) is 17.5. The van der Waals surface area contributed by atoms with Crippen molar-refractivity contribution in [2.75, 3.05) is 45.2 Å². The summed E-state index contributed by atoms with van der Waals surface area (Å²) in [6.45, 7) is 2.58. The lowest BCUT2D eigenvalue weighted by Gasteiger charge is -2.22. The summed E-state index contributed by atoms with van der Waals surface area (Å²) < 4.78 is 5.40. The molecule has 0 aliphatic carbocycles. The number of urea groups is 1.